The minimum Gasteiger partial charge on any atom is -0.497 e. The third-order valence-electron chi connectivity index (χ3n) is 6.39. The molecule has 0 aliphatic carbocycles. The second kappa shape index (κ2) is 11.1. The van der Waals surface area contributed by atoms with E-state index in [2.05, 4.69) is 0 Å². The SMILES string of the molecule is COc1cc(C(C)(C)C)c(N(CC(c2ccccc2)c2ccccc2)S(=O)(=O)OC(N)=O)c(C(C)(C)C)c1. The van der Waals surface area contributed by atoms with E-state index in [0.29, 0.717) is 11.4 Å². The van der Waals surface area contributed by atoms with Gasteiger partial charge in [0.2, 0.25) is 0 Å². The molecule has 0 aliphatic rings. The van der Waals surface area contributed by atoms with E-state index in [0.717, 1.165) is 22.3 Å². The van der Waals surface area contributed by atoms with Gasteiger partial charge in [-0.1, -0.05) is 102 Å². The zero-order chi connectivity index (χ0) is 28.3. The van der Waals surface area contributed by atoms with E-state index in [1.165, 1.54) is 4.31 Å². The molecule has 0 bridgehead atoms. The first-order chi connectivity index (χ1) is 17.6. The molecule has 2 N–H and O–H groups in total. The third kappa shape index (κ3) is 6.67. The van der Waals surface area contributed by atoms with Crippen molar-refractivity contribution in [2.75, 3.05) is 18.0 Å². The molecule has 0 heterocycles. The van der Waals surface area contributed by atoms with Gasteiger partial charge in [-0.15, -0.1) is 0 Å². The summed E-state index contributed by atoms with van der Waals surface area (Å²) >= 11 is 0. The normalized spacial score (nSPS) is 12.3. The van der Waals surface area contributed by atoms with Crippen LogP contribution in [0.2, 0.25) is 0 Å². The van der Waals surface area contributed by atoms with E-state index in [9.17, 15) is 13.2 Å². The summed E-state index contributed by atoms with van der Waals surface area (Å²) in [5.41, 5.74) is 8.03. The summed E-state index contributed by atoms with van der Waals surface area (Å²) in [7, 11) is -3.07. The highest BCUT2D eigenvalue weighted by Gasteiger charge is 2.38. The number of carbonyl (C=O) groups is 1. The minimum absolute atomic E-state index is 0.0257. The van der Waals surface area contributed by atoms with Crippen molar-refractivity contribution in [2.45, 2.75) is 58.3 Å². The molecule has 0 saturated carbocycles. The Morgan fingerprint density at radius 2 is 1.26 bits per heavy atom. The smallest absolute Gasteiger partial charge is 0.421 e. The lowest BCUT2D eigenvalue weighted by Gasteiger charge is -2.37. The number of nitrogens with zero attached hydrogens (tertiary/aromatic N) is 1. The molecule has 3 rings (SSSR count). The van der Waals surface area contributed by atoms with Crippen molar-refractivity contribution in [3.05, 3.63) is 95.1 Å². The molecule has 8 heteroatoms. The number of rotatable bonds is 8. The van der Waals surface area contributed by atoms with Gasteiger partial charge in [0.05, 0.1) is 12.8 Å². The third-order valence-corrected chi connectivity index (χ3v) is 7.64. The summed E-state index contributed by atoms with van der Waals surface area (Å²) in [5.74, 6) is 0.242. The monoisotopic (exact) mass is 538 g/mol. The average Bonchev–Trinajstić information content (AvgIpc) is 2.83. The first-order valence-electron chi connectivity index (χ1n) is 12.5. The van der Waals surface area contributed by atoms with Crippen LogP contribution in [0.3, 0.4) is 0 Å². The number of anilines is 1. The Kier molecular flexibility index (Phi) is 8.46. The predicted octanol–water partition coefficient (Wildman–Crippen LogP) is 6.27. The van der Waals surface area contributed by atoms with Crippen LogP contribution in [-0.2, 0) is 25.3 Å². The molecular formula is C30H38N2O5S. The second-order valence-electron chi connectivity index (χ2n) is 11.3. The van der Waals surface area contributed by atoms with E-state index >= 15 is 0 Å². The van der Waals surface area contributed by atoms with Crippen molar-refractivity contribution in [1.29, 1.82) is 0 Å². The number of nitrogens with two attached hydrogens (primary N) is 1. The molecule has 0 atom stereocenters. The van der Waals surface area contributed by atoms with Crippen molar-refractivity contribution in [3.63, 3.8) is 0 Å². The quantitative estimate of drug-likeness (QED) is 0.364. The Morgan fingerprint density at radius 1 is 0.842 bits per heavy atom. The molecular weight excluding hydrogens is 500 g/mol. The summed E-state index contributed by atoms with van der Waals surface area (Å²) in [6.07, 6.45) is -1.39. The zero-order valence-electron chi connectivity index (χ0n) is 23.2. The van der Waals surface area contributed by atoms with Gasteiger partial charge in [0, 0.05) is 12.5 Å². The molecule has 204 valence electrons. The van der Waals surface area contributed by atoms with Crippen LogP contribution in [-0.4, -0.2) is 28.2 Å². The Morgan fingerprint density at radius 3 is 1.61 bits per heavy atom. The van der Waals surface area contributed by atoms with Crippen LogP contribution >= 0.6 is 0 Å². The average molecular weight is 539 g/mol. The largest absolute Gasteiger partial charge is 0.497 e. The van der Waals surface area contributed by atoms with Gasteiger partial charge in [0.15, 0.2) is 0 Å². The lowest BCUT2D eigenvalue weighted by atomic mass is 9.78. The Bertz CT molecular complexity index is 1280. The topological polar surface area (TPSA) is 98.9 Å². The van der Waals surface area contributed by atoms with Gasteiger partial charge in [-0.3, -0.25) is 0 Å². The summed E-state index contributed by atoms with van der Waals surface area (Å²) in [6.45, 7) is 12.0. The standard InChI is InChI=1S/C30H38N2O5S/c1-29(2,3)25-18-23(36-7)19-26(30(4,5)6)27(25)32(38(34,35)37-28(31)33)20-24(21-14-10-8-11-15-21)22-16-12-9-13-17-22/h8-19,24H,20H2,1-7H3,(H2,31,33). The highest BCUT2D eigenvalue weighted by atomic mass is 32.2. The van der Waals surface area contributed by atoms with E-state index in [4.69, 9.17) is 14.7 Å². The van der Waals surface area contributed by atoms with Gasteiger partial charge in [-0.25, -0.2) is 9.10 Å². The van der Waals surface area contributed by atoms with Crippen LogP contribution in [0.4, 0.5) is 10.5 Å². The number of ether oxygens (including phenoxy) is 1. The van der Waals surface area contributed by atoms with Crippen LogP contribution in [0.5, 0.6) is 5.75 Å². The van der Waals surface area contributed by atoms with E-state index in [-0.39, 0.29) is 12.5 Å². The molecule has 0 aliphatic heterocycles. The number of amides is 1. The number of carbonyl (C=O) groups excluding carboxylic acids is 1. The summed E-state index contributed by atoms with van der Waals surface area (Å²) in [6, 6.07) is 23.0. The second-order valence-corrected chi connectivity index (χ2v) is 12.8. The Labute approximate surface area is 226 Å². The van der Waals surface area contributed by atoms with Gasteiger partial charge in [-0.2, -0.15) is 8.42 Å². The number of primary amides is 1. The van der Waals surface area contributed by atoms with Crippen molar-refractivity contribution in [1.82, 2.24) is 0 Å². The zero-order valence-corrected chi connectivity index (χ0v) is 24.0. The lowest BCUT2D eigenvalue weighted by molar-refractivity contribution is 0.212. The van der Waals surface area contributed by atoms with E-state index in [1.807, 2.05) is 114 Å². The van der Waals surface area contributed by atoms with Crippen LogP contribution < -0.4 is 14.8 Å². The van der Waals surface area contributed by atoms with E-state index in [1.54, 1.807) is 7.11 Å². The van der Waals surface area contributed by atoms with Gasteiger partial charge in [0.25, 0.3) is 0 Å². The van der Waals surface area contributed by atoms with Crippen molar-refractivity contribution < 1.29 is 22.1 Å². The summed E-state index contributed by atoms with van der Waals surface area (Å²) in [4.78, 5) is 11.8. The van der Waals surface area contributed by atoms with Crippen LogP contribution in [0.1, 0.15) is 69.7 Å². The van der Waals surface area contributed by atoms with Crippen LogP contribution in [0, 0.1) is 0 Å². The molecule has 3 aromatic rings. The molecule has 0 saturated heterocycles. The molecule has 0 aromatic heterocycles. The number of hydrogen-bond acceptors (Lipinski definition) is 5. The maximum Gasteiger partial charge on any atom is 0.421 e. The Hall–Kier alpha value is -3.52. The van der Waals surface area contributed by atoms with Gasteiger partial charge in [0.1, 0.15) is 5.75 Å². The highest BCUT2D eigenvalue weighted by Crippen LogP contribution is 2.45. The van der Waals surface area contributed by atoms with Crippen molar-refractivity contribution in [2.24, 2.45) is 5.73 Å². The number of hydrogen-bond donors (Lipinski definition) is 1. The van der Waals surface area contributed by atoms with Gasteiger partial charge >= 0.3 is 16.4 Å². The van der Waals surface area contributed by atoms with E-state index < -0.39 is 27.2 Å². The molecule has 0 unspecified atom stereocenters. The van der Waals surface area contributed by atoms with Gasteiger partial charge < -0.3 is 14.7 Å². The molecule has 38 heavy (non-hydrogen) atoms. The van der Waals surface area contributed by atoms with Gasteiger partial charge in [-0.05, 0) is 45.2 Å². The molecule has 0 fully saturated rings. The molecule has 0 spiro atoms. The number of methoxy groups -OCH3 is 1. The maximum absolute atomic E-state index is 13.8. The predicted molar refractivity (Wildman–Crippen MR) is 152 cm³/mol. The van der Waals surface area contributed by atoms with Crippen LogP contribution in [0.25, 0.3) is 0 Å². The molecule has 3 aromatic carbocycles. The highest BCUT2D eigenvalue weighted by molar-refractivity contribution is 7.88. The fourth-order valence-corrected chi connectivity index (χ4v) is 5.57. The first-order valence-corrected chi connectivity index (χ1v) is 13.9. The summed E-state index contributed by atoms with van der Waals surface area (Å²) < 4.78 is 39.3. The fraction of sp³-hybridized carbons (Fsp3) is 0.367. The molecule has 1 amide bonds. The summed E-state index contributed by atoms with van der Waals surface area (Å²) in [5, 5.41) is 0. The lowest BCUT2D eigenvalue weighted by Crippen LogP contribution is -2.41. The van der Waals surface area contributed by atoms with Crippen molar-refractivity contribution in [3.8, 4) is 5.75 Å². The number of benzene rings is 3. The minimum atomic E-state index is -4.65. The molecule has 0 radical (unpaired) electrons. The fourth-order valence-electron chi connectivity index (χ4n) is 4.52. The van der Waals surface area contributed by atoms with Crippen LogP contribution in [0.15, 0.2) is 72.8 Å². The van der Waals surface area contributed by atoms with Crippen molar-refractivity contribution >= 4 is 22.1 Å². The molecule has 7 nitrogen and oxygen atoms in total. The first kappa shape index (κ1) is 29.0. The maximum atomic E-state index is 13.8. The Balaban J connectivity index is 2.40.